The molecule has 54 valence electrons. The van der Waals surface area contributed by atoms with Crippen LogP contribution in [-0.2, 0) is 4.79 Å². The van der Waals surface area contributed by atoms with Gasteiger partial charge in [-0.15, -0.1) is 11.6 Å². The summed E-state index contributed by atoms with van der Waals surface area (Å²) in [6.45, 7) is 0. The van der Waals surface area contributed by atoms with E-state index < -0.39 is 5.38 Å². The molecule has 0 aromatic carbocycles. The third-order valence-corrected chi connectivity index (χ3v) is 1.80. The summed E-state index contributed by atoms with van der Waals surface area (Å²) >= 11 is 6.80. The van der Waals surface area contributed by atoms with Gasteiger partial charge in [0, 0.05) is 6.21 Å². The Labute approximate surface area is 67.6 Å². The summed E-state index contributed by atoms with van der Waals surface area (Å²) in [5.41, 5.74) is 0. The van der Waals surface area contributed by atoms with Crippen LogP contribution in [0, 0.1) is 0 Å². The summed E-state index contributed by atoms with van der Waals surface area (Å²) in [6.07, 6.45) is 3.20. The van der Waals surface area contributed by atoms with Gasteiger partial charge in [0.1, 0.15) is 5.38 Å². The van der Waals surface area contributed by atoms with Crippen molar-refractivity contribution in [2.75, 3.05) is 6.26 Å². The third kappa shape index (κ3) is 1.58. The number of thioether (sulfide) groups is 1. The molecule has 0 bridgehead atoms. The van der Waals surface area contributed by atoms with Crippen molar-refractivity contribution in [1.29, 1.82) is 0 Å². The van der Waals surface area contributed by atoms with Crippen LogP contribution in [0.4, 0.5) is 0 Å². The van der Waals surface area contributed by atoms with Gasteiger partial charge in [-0.1, -0.05) is 11.8 Å². The number of amides is 1. The zero-order valence-electron chi connectivity index (χ0n) is 5.24. The molecule has 0 saturated carbocycles. The van der Waals surface area contributed by atoms with Crippen LogP contribution in [0.3, 0.4) is 0 Å². The lowest BCUT2D eigenvalue weighted by molar-refractivity contribution is -0.116. The molecule has 0 N–H and O–H groups in total. The predicted molar refractivity (Wildman–Crippen MR) is 44.1 cm³/mol. The first-order chi connectivity index (χ1) is 4.74. The van der Waals surface area contributed by atoms with Gasteiger partial charge in [-0.2, -0.15) is 4.99 Å². The smallest absolute Gasteiger partial charge is 0.270 e. The number of aliphatic imine (C=N–C) groups is 2. The minimum atomic E-state index is -0.670. The molecule has 5 heteroatoms. The molecule has 1 amide bonds. The maximum absolute atomic E-state index is 10.7. The van der Waals surface area contributed by atoms with E-state index in [1.807, 2.05) is 0 Å². The van der Waals surface area contributed by atoms with Crippen molar-refractivity contribution >= 4 is 40.7 Å². The molecule has 0 aromatic rings. The summed E-state index contributed by atoms with van der Waals surface area (Å²) in [5, 5.41) is -0.196. The Hall–Kier alpha value is -0.350. The number of hydrogen-bond donors (Lipinski definition) is 0. The Morgan fingerprint density at radius 3 is 3.00 bits per heavy atom. The second-order valence-electron chi connectivity index (χ2n) is 1.62. The molecule has 1 atom stereocenters. The second-order valence-corrected chi connectivity index (χ2v) is 2.86. The molecule has 0 aliphatic carbocycles. The molecule has 0 saturated heterocycles. The highest BCUT2D eigenvalue weighted by Crippen LogP contribution is 2.08. The minimum Gasteiger partial charge on any atom is -0.270 e. The van der Waals surface area contributed by atoms with E-state index in [1.54, 1.807) is 6.26 Å². The van der Waals surface area contributed by atoms with E-state index >= 15 is 0 Å². The van der Waals surface area contributed by atoms with Gasteiger partial charge in [0.15, 0.2) is 5.17 Å². The van der Waals surface area contributed by atoms with Crippen LogP contribution in [0.15, 0.2) is 9.98 Å². The molecule has 1 aliphatic rings. The van der Waals surface area contributed by atoms with Crippen molar-refractivity contribution < 1.29 is 4.79 Å². The maximum Gasteiger partial charge on any atom is 0.271 e. The molecule has 0 fully saturated rings. The molecule has 0 aromatic heterocycles. The third-order valence-electron chi connectivity index (χ3n) is 0.940. The topological polar surface area (TPSA) is 41.8 Å². The van der Waals surface area contributed by atoms with E-state index in [4.69, 9.17) is 11.6 Å². The Kier molecular flexibility index (Phi) is 2.45. The number of carbonyl (C=O) groups is 1. The zero-order valence-corrected chi connectivity index (χ0v) is 6.82. The zero-order chi connectivity index (χ0) is 7.56. The van der Waals surface area contributed by atoms with Gasteiger partial charge in [-0.3, -0.25) is 4.79 Å². The Bertz CT molecular complexity index is 214. The van der Waals surface area contributed by atoms with Crippen LogP contribution in [-0.4, -0.2) is 28.9 Å². The fraction of sp³-hybridized carbons (Fsp3) is 0.400. The standard InChI is InChI=1S/C5H5ClN2OS/c1-10-5-7-2-3(6)4(9)8-5/h2-3H,1H3. The number of halogens is 1. The largest absolute Gasteiger partial charge is 0.271 e. The van der Waals surface area contributed by atoms with Crippen LogP contribution < -0.4 is 0 Å². The normalized spacial score (nSPS) is 24.8. The molecule has 1 unspecified atom stereocenters. The second kappa shape index (κ2) is 3.16. The van der Waals surface area contributed by atoms with Crippen LogP contribution in [0.2, 0.25) is 0 Å². The summed E-state index contributed by atoms with van der Waals surface area (Å²) < 4.78 is 0. The van der Waals surface area contributed by atoms with Crippen molar-refractivity contribution in [3.8, 4) is 0 Å². The number of carbonyl (C=O) groups excluding carboxylic acids is 1. The quantitative estimate of drug-likeness (QED) is 0.516. The van der Waals surface area contributed by atoms with E-state index in [2.05, 4.69) is 9.98 Å². The van der Waals surface area contributed by atoms with E-state index in [9.17, 15) is 4.79 Å². The van der Waals surface area contributed by atoms with Crippen molar-refractivity contribution in [3.63, 3.8) is 0 Å². The SMILES string of the molecule is CSC1=NC(=O)C(Cl)C=N1. The fourth-order valence-corrected chi connectivity index (χ4v) is 0.929. The van der Waals surface area contributed by atoms with Gasteiger partial charge in [0.2, 0.25) is 0 Å². The molecular formula is C5H5ClN2OS. The highest BCUT2D eigenvalue weighted by Gasteiger charge is 2.16. The lowest BCUT2D eigenvalue weighted by Crippen LogP contribution is -2.19. The molecule has 3 nitrogen and oxygen atoms in total. The maximum atomic E-state index is 10.7. The first-order valence-corrected chi connectivity index (χ1v) is 4.25. The average molecular weight is 177 g/mol. The Morgan fingerprint density at radius 1 is 1.80 bits per heavy atom. The van der Waals surface area contributed by atoms with Gasteiger partial charge in [-0.25, -0.2) is 4.99 Å². The number of alkyl halides is 1. The van der Waals surface area contributed by atoms with Crippen LogP contribution in [0.25, 0.3) is 0 Å². The lowest BCUT2D eigenvalue weighted by atomic mass is 10.4. The Balaban J connectivity index is 2.76. The molecule has 0 spiro atoms. The molecular weight excluding hydrogens is 172 g/mol. The molecule has 1 aliphatic heterocycles. The first kappa shape index (κ1) is 7.75. The van der Waals surface area contributed by atoms with Gasteiger partial charge < -0.3 is 0 Å². The van der Waals surface area contributed by atoms with Crippen molar-refractivity contribution in [1.82, 2.24) is 0 Å². The van der Waals surface area contributed by atoms with E-state index in [1.165, 1.54) is 18.0 Å². The molecule has 1 heterocycles. The van der Waals surface area contributed by atoms with Crippen molar-refractivity contribution in [2.24, 2.45) is 9.98 Å². The Morgan fingerprint density at radius 2 is 2.50 bits per heavy atom. The summed E-state index contributed by atoms with van der Waals surface area (Å²) in [5.74, 6) is -0.332. The highest BCUT2D eigenvalue weighted by molar-refractivity contribution is 8.13. The van der Waals surface area contributed by atoms with Crippen molar-refractivity contribution in [2.45, 2.75) is 5.38 Å². The average Bonchev–Trinajstić information content (AvgIpc) is 1.95. The molecule has 0 radical (unpaired) electrons. The first-order valence-electron chi connectivity index (χ1n) is 2.59. The van der Waals surface area contributed by atoms with E-state index in [0.29, 0.717) is 5.17 Å². The minimum absolute atomic E-state index is 0.332. The van der Waals surface area contributed by atoms with Crippen molar-refractivity contribution in [3.05, 3.63) is 0 Å². The molecule has 10 heavy (non-hydrogen) atoms. The van der Waals surface area contributed by atoms with Gasteiger partial charge >= 0.3 is 0 Å². The highest BCUT2D eigenvalue weighted by atomic mass is 35.5. The van der Waals surface area contributed by atoms with Crippen LogP contribution >= 0.6 is 23.4 Å². The summed E-state index contributed by atoms with van der Waals surface area (Å²) in [7, 11) is 0. The number of hydrogen-bond acceptors (Lipinski definition) is 3. The summed E-state index contributed by atoms with van der Waals surface area (Å²) in [4.78, 5) is 18.1. The molecule has 1 rings (SSSR count). The number of rotatable bonds is 0. The van der Waals surface area contributed by atoms with Crippen LogP contribution in [0.1, 0.15) is 0 Å². The van der Waals surface area contributed by atoms with Gasteiger partial charge in [0.25, 0.3) is 5.91 Å². The summed E-state index contributed by atoms with van der Waals surface area (Å²) in [6, 6.07) is 0. The predicted octanol–water partition coefficient (Wildman–Crippen LogP) is 0.924. The fourth-order valence-electron chi connectivity index (χ4n) is 0.476. The van der Waals surface area contributed by atoms with Gasteiger partial charge in [0.05, 0.1) is 0 Å². The van der Waals surface area contributed by atoms with Gasteiger partial charge in [-0.05, 0) is 6.26 Å². The van der Waals surface area contributed by atoms with Crippen LogP contribution in [0.5, 0.6) is 0 Å². The van der Waals surface area contributed by atoms with E-state index in [-0.39, 0.29) is 5.91 Å². The number of nitrogens with zero attached hydrogens (tertiary/aromatic N) is 2. The lowest BCUT2D eigenvalue weighted by Gasteiger charge is -2.03. The number of amidine groups is 1. The van der Waals surface area contributed by atoms with E-state index in [0.717, 1.165) is 0 Å². The monoisotopic (exact) mass is 176 g/mol.